The number of halogens is 1. The van der Waals surface area contributed by atoms with Crippen molar-refractivity contribution in [1.82, 2.24) is 9.38 Å². The zero-order valence-corrected chi connectivity index (χ0v) is 12.9. The van der Waals surface area contributed by atoms with Crippen molar-refractivity contribution in [2.24, 2.45) is 0 Å². The average Bonchev–Trinajstić information content (AvgIpc) is 2.83. The summed E-state index contributed by atoms with van der Waals surface area (Å²) in [6.07, 6.45) is 2.74. The lowest BCUT2D eigenvalue weighted by Crippen LogP contribution is -1.97. The Hall–Kier alpha value is -2.00. The van der Waals surface area contributed by atoms with Crippen LogP contribution in [0.4, 0.5) is 0 Å². The number of benzene rings is 1. The van der Waals surface area contributed by atoms with Crippen LogP contribution < -0.4 is 4.74 Å². The van der Waals surface area contributed by atoms with Crippen molar-refractivity contribution < 1.29 is 4.74 Å². The van der Waals surface area contributed by atoms with Gasteiger partial charge in [-0.2, -0.15) is 0 Å². The van der Waals surface area contributed by atoms with Crippen LogP contribution in [0, 0.1) is 6.92 Å². The second-order valence-corrected chi connectivity index (χ2v) is 5.33. The fourth-order valence-electron chi connectivity index (χ4n) is 2.56. The molecule has 3 rings (SSSR count). The lowest BCUT2D eigenvalue weighted by atomic mass is 10.1. The van der Waals surface area contributed by atoms with Crippen LogP contribution >= 0.6 is 11.6 Å². The summed E-state index contributed by atoms with van der Waals surface area (Å²) >= 11 is 6.14. The van der Waals surface area contributed by atoms with E-state index in [1.54, 1.807) is 7.11 Å². The standard InChI is InChI=1S/C17H17ClN2O/c1-12-7-8-20-15(11-18)14(19-17(20)9-12)10-13-5-3-4-6-16(13)21-2/h3-9H,10-11H2,1-2H3. The van der Waals surface area contributed by atoms with Gasteiger partial charge in [0.2, 0.25) is 0 Å². The molecule has 0 bridgehead atoms. The SMILES string of the molecule is COc1ccccc1Cc1nc2cc(C)ccn2c1CCl. The van der Waals surface area contributed by atoms with E-state index in [-0.39, 0.29) is 0 Å². The fourth-order valence-corrected chi connectivity index (χ4v) is 2.84. The zero-order valence-electron chi connectivity index (χ0n) is 12.1. The molecule has 108 valence electrons. The van der Waals surface area contributed by atoms with Crippen molar-refractivity contribution in [1.29, 1.82) is 0 Å². The number of para-hydroxylation sites is 1. The summed E-state index contributed by atoms with van der Waals surface area (Å²) in [5.41, 5.74) is 5.29. The summed E-state index contributed by atoms with van der Waals surface area (Å²) in [7, 11) is 1.69. The molecular weight excluding hydrogens is 284 g/mol. The first kappa shape index (κ1) is 14.0. The van der Waals surface area contributed by atoms with Crippen molar-refractivity contribution in [2.45, 2.75) is 19.2 Å². The fraction of sp³-hybridized carbons (Fsp3) is 0.235. The summed E-state index contributed by atoms with van der Waals surface area (Å²) in [6.45, 7) is 2.06. The van der Waals surface area contributed by atoms with Crippen LogP contribution in [0.5, 0.6) is 5.75 Å². The second kappa shape index (κ2) is 5.78. The Labute approximate surface area is 129 Å². The lowest BCUT2D eigenvalue weighted by Gasteiger charge is -2.07. The lowest BCUT2D eigenvalue weighted by molar-refractivity contribution is 0.410. The summed E-state index contributed by atoms with van der Waals surface area (Å²) in [6, 6.07) is 12.1. The third-order valence-corrected chi connectivity index (χ3v) is 3.89. The molecule has 3 nitrogen and oxygen atoms in total. The topological polar surface area (TPSA) is 26.5 Å². The largest absolute Gasteiger partial charge is 0.496 e. The van der Waals surface area contributed by atoms with Gasteiger partial charge in [-0.1, -0.05) is 18.2 Å². The Morgan fingerprint density at radius 3 is 2.81 bits per heavy atom. The highest BCUT2D eigenvalue weighted by Gasteiger charge is 2.13. The highest BCUT2D eigenvalue weighted by atomic mass is 35.5. The molecule has 0 saturated carbocycles. The number of imidazole rings is 1. The maximum Gasteiger partial charge on any atom is 0.137 e. The summed E-state index contributed by atoms with van der Waals surface area (Å²) in [5.74, 6) is 1.32. The van der Waals surface area contributed by atoms with Crippen molar-refractivity contribution in [3.05, 3.63) is 65.1 Å². The van der Waals surface area contributed by atoms with Gasteiger partial charge in [-0.3, -0.25) is 0 Å². The maximum atomic E-state index is 6.14. The van der Waals surface area contributed by atoms with Crippen LogP contribution in [0.15, 0.2) is 42.6 Å². The molecule has 0 saturated heterocycles. The van der Waals surface area contributed by atoms with E-state index in [1.807, 2.05) is 24.4 Å². The highest BCUT2D eigenvalue weighted by molar-refractivity contribution is 6.17. The monoisotopic (exact) mass is 300 g/mol. The molecular formula is C17H17ClN2O. The smallest absolute Gasteiger partial charge is 0.137 e. The van der Waals surface area contributed by atoms with Gasteiger partial charge in [0, 0.05) is 18.2 Å². The number of alkyl halides is 1. The van der Waals surface area contributed by atoms with Crippen molar-refractivity contribution >= 4 is 17.2 Å². The van der Waals surface area contributed by atoms with E-state index in [2.05, 4.69) is 29.5 Å². The molecule has 0 fully saturated rings. The highest BCUT2D eigenvalue weighted by Crippen LogP contribution is 2.24. The van der Waals surface area contributed by atoms with Gasteiger partial charge in [0.15, 0.2) is 0 Å². The Morgan fingerprint density at radius 1 is 1.24 bits per heavy atom. The van der Waals surface area contributed by atoms with Crippen LogP contribution in [0.2, 0.25) is 0 Å². The third kappa shape index (κ3) is 2.61. The second-order valence-electron chi connectivity index (χ2n) is 5.06. The summed E-state index contributed by atoms with van der Waals surface area (Å²) in [4.78, 5) is 4.74. The number of aromatic nitrogens is 2. The first-order valence-corrected chi connectivity index (χ1v) is 7.40. The van der Waals surface area contributed by atoms with Gasteiger partial charge in [0.05, 0.1) is 24.4 Å². The Balaban J connectivity index is 2.07. The quantitative estimate of drug-likeness (QED) is 0.681. The summed E-state index contributed by atoms with van der Waals surface area (Å²) < 4.78 is 7.48. The minimum absolute atomic E-state index is 0.439. The molecule has 0 spiro atoms. The van der Waals surface area contributed by atoms with Crippen LogP contribution in [0.25, 0.3) is 5.65 Å². The van der Waals surface area contributed by atoms with Crippen molar-refractivity contribution in [3.63, 3.8) is 0 Å². The molecule has 0 radical (unpaired) electrons. The molecule has 0 aliphatic heterocycles. The summed E-state index contributed by atoms with van der Waals surface area (Å²) in [5, 5.41) is 0. The van der Waals surface area contributed by atoms with Gasteiger partial charge in [-0.05, 0) is 30.7 Å². The van der Waals surface area contributed by atoms with Gasteiger partial charge in [-0.25, -0.2) is 4.98 Å². The average molecular weight is 301 g/mol. The third-order valence-electron chi connectivity index (χ3n) is 3.64. The van der Waals surface area contributed by atoms with E-state index in [9.17, 15) is 0 Å². The zero-order chi connectivity index (χ0) is 14.8. The Morgan fingerprint density at radius 2 is 2.05 bits per heavy atom. The van der Waals surface area contributed by atoms with Crippen LogP contribution in [-0.2, 0) is 12.3 Å². The maximum absolute atomic E-state index is 6.14. The number of nitrogens with zero attached hydrogens (tertiary/aromatic N) is 2. The van der Waals surface area contributed by atoms with E-state index in [0.29, 0.717) is 12.3 Å². The minimum Gasteiger partial charge on any atom is -0.496 e. The van der Waals surface area contributed by atoms with E-state index < -0.39 is 0 Å². The molecule has 4 heteroatoms. The minimum atomic E-state index is 0.439. The predicted molar refractivity (Wildman–Crippen MR) is 85.3 cm³/mol. The molecule has 21 heavy (non-hydrogen) atoms. The molecule has 1 aromatic carbocycles. The molecule has 0 amide bonds. The number of aryl methyl sites for hydroxylation is 1. The molecule has 0 N–H and O–H groups in total. The normalized spacial score (nSPS) is 11.0. The van der Waals surface area contributed by atoms with E-state index in [4.69, 9.17) is 21.3 Å². The molecule has 0 aliphatic rings. The van der Waals surface area contributed by atoms with E-state index in [1.165, 1.54) is 5.56 Å². The van der Waals surface area contributed by atoms with Gasteiger partial charge in [-0.15, -0.1) is 11.6 Å². The molecule has 0 unspecified atom stereocenters. The molecule has 3 aromatic rings. The predicted octanol–water partition coefficient (Wildman–Crippen LogP) is 3.98. The molecule has 0 atom stereocenters. The van der Waals surface area contributed by atoms with Gasteiger partial charge < -0.3 is 9.14 Å². The van der Waals surface area contributed by atoms with Crippen LogP contribution in [-0.4, -0.2) is 16.5 Å². The number of fused-ring (bicyclic) bond motifs is 1. The first-order chi connectivity index (χ1) is 10.2. The molecule has 2 aromatic heterocycles. The van der Waals surface area contributed by atoms with Gasteiger partial charge >= 0.3 is 0 Å². The van der Waals surface area contributed by atoms with E-state index in [0.717, 1.165) is 28.3 Å². The van der Waals surface area contributed by atoms with E-state index >= 15 is 0 Å². The molecule has 0 aliphatic carbocycles. The molecule has 2 heterocycles. The number of pyridine rings is 1. The van der Waals surface area contributed by atoms with Gasteiger partial charge in [0.1, 0.15) is 11.4 Å². The van der Waals surface area contributed by atoms with Crippen LogP contribution in [0.3, 0.4) is 0 Å². The van der Waals surface area contributed by atoms with Crippen LogP contribution in [0.1, 0.15) is 22.5 Å². The number of methoxy groups -OCH3 is 1. The number of hydrogen-bond donors (Lipinski definition) is 0. The number of ether oxygens (including phenoxy) is 1. The number of rotatable bonds is 4. The first-order valence-electron chi connectivity index (χ1n) is 6.87. The van der Waals surface area contributed by atoms with Crippen molar-refractivity contribution in [3.8, 4) is 5.75 Å². The Bertz CT molecular complexity index is 780. The van der Waals surface area contributed by atoms with Gasteiger partial charge in [0.25, 0.3) is 0 Å². The Kier molecular flexibility index (Phi) is 3.84. The van der Waals surface area contributed by atoms with Crippen molar-refractivity contribution in [2.75, 3.05) is 7.11 Å². The number of hydrogen-bond acceptors (Lipinski definition) is 2.